The predicted molar refractivity (Wildman–Crippen MR) is 79.1 cm³/mol. The van der Waals surface area contributed by atoms with Crippen LogP contribution < -0.4 is 5.73 Å². The van der Waals surface area contributed by atoms with Crippen molar-refractivity contribution in [3.05, 3.63) is 44.2 Å². The van der Waals surface area contributed by atoms with E-state index in [1.54, 1.807) is 0 Å². The molecule has 3 nitrogen and oxygen atoms in total. The lowest BCUT2D eigenvalue weighted by molar-refractivity contribution is 0.688. The Morgan fingerprint density at radius 2 is 1.94 bits per heavy atom. The van der Waals surface area contributed by atoms with E-state index in [4.69, 9.17) is 5.73 Å². The number of anilines is 1. The van der Waals surface area contributed by atoms with Crippen molar-refractivity contribution in [1.29, 1.82) is 0 Å². The number of aromatic nitrogens is 2. The van der Waals surface area contributed by atoms with Crippen molar-refractivity contribution in [2.45, 2.75) is 27.3 Å². The summed E-state index contributed by atoms with van der Waals surface area (Å²) in [5, 5.41) is 4.44. The summed E-state index contributed by atoms with van der Waals surface area (Å²) in [5.41, 5.74) is 10.9. The molecule has 4 heteroatoms. The molecule has 0 bridgehead atoms. The van der Waals surface area contributed by atoms with Crippen LogP contribution >= 0.6 is 22.6 Å². The molecule has 1 aromatic heterocycles. The predicted octanol–water partition coefficient (Wildman–Crippen LogP) is 3.04. The van der Waals surface area contributed by atoms with Crippen molar-refractivity contribution >= 4 is 28.4 Å². The Labute approximate surface area is 115 Å². The van der Waals surface area contributed by atoms with Crippen LogP contribution in [0.4, 0.5) is 5.82 Å². The molecule has 0 aliphatic heterocycles. The summed E-state index contributed by atoms with van der Waals surface area (Å²) in [6.07, 6.45) is 0. The highest BCUT2D eigenvalue weighted by atomic mass is 127. The van der Waals surface area contributed by atoms with Crippen LogP contribution in [0.25, 0.3) is 0 Å². The number of rotatable bonds is 2. The molecular weight excluding hydrogens is 325 g/mol. The van der Waals surface area contributed by atoms with Crippen LogP contribution in [0.1, 0.15) is 22.4 Å². The first-order chi connectivity index (χ1) is 7.99. The second-order valence-electron chi connectivity index (χ2n) is 4.36. The third-order valence-electron chi connectivity index (χ3n) is 2.99. The van der Waals surface area contributed by atoms with E-state index in [0.717, 1.165) is 21.6 Å². The Morgan fingerprint density at radius 3 is 2.47 bits per heavy atom. The summed E-state index contributed by atoms with van der Waals surface area (Å²) in [6.45, 7) is 6.96. The normalized spacial score (nSPS) is 10.8. The van der Waals surface area contributed by atoms with Crippen LogP contribution in [-0.4, -0.2) is 9.78 Å². The number of nitrogen functional groups attached to an aromatic ring is 1. The fourth-order valence-electron chi connectivity index (χ4n) is 1.77. The first kappa shape index (κ1) is 12.4. The van der Waals surface area contributed by atoms with E-state index in [9.17, 15) is 0 Å². The second kappa shape index (κ2) is 4.68. The number of nitrogens with two attached hydrogens (primary N) is 1. The van der Waals surface area contributed by atoms with Crippen LogP contribution in [0, 0.1) is 24.3 Å². The van der Waals surface area contributed by atoms with Crippen molar-refractivity contribution in [3.8, 4) is 0 Å². The fourth-order valence-corrected chi connectivity index (χ4v) is 2.16. The van der Waals surface area contributed by atoms with E-state index in [0.29, 0.717) is 0 Å². The lowest BCUT2D eigenvalue weighted by atomic mass is 10.1. The molecule has 0 amide bonds. The number of aryl methyl sites for hydroxylation is 3. The first-order valence-electron chi connectivity index (χ1n) is 5.53. The maximum Gasteiger partial charge on any atom is 0.135 e. The van der Waals surface area contributed by atoms with Gasteiger partial charge in [0.2, 0.25) is 0 Å². The zero-order valence-corrected chi connectivity index (χ0v) is 12.4. The van der Waals surface area contributed by atoms with Gasteiger partial charge in [-0.05, 0) is 60.1 Å². The molecule has 17 heavy (non-hydrogen) atoms. The summed E-state index contributed by atoms with van der Waals surface area (Å²) in [4.78, 5) is 0. The van der Waals surface area contributed by atoms with E-state index in [-0.39, 0.29) is 0 Å². The van der Waals surface area contributed by atoms with Gasteiger partial charge in [-0.15, -0.1) is 0 Å². The van der Waals surface area contributed by atoms with Crippen molar-refractivity contribution < 1.29 is 0 Å². The van der Waals surface area contributed by atoms with E-state index in [1.165, 1.54) is 16.7 Å². The second-order valence-corrected chi connectivity index (χ2v) is 5.44. The smallest absolute Gasteiger partial charge is 0.135 e. The maximum absolute atomic E-state index is 6.01. The number of halogens is 1. The van der Waals surface area contributed by atoms with Crippen molar-refractivity contribution in [3.63, 3.8) is 0 Å². The molecule has 0 spiro atoms. The van der Waals surface area contributed by atoms with Crippen LogP contribution in [0.15, 0.2) is 18.2 Å². The Bertz CT molecular complexity index is 558. The van der Waals surface area contributed by atoms with Gasteiger partial charge in [0.1, 0.15) is 5.82 Å². The summed E-state index contributed by atoms with van der Waals surface area (Å²) in [5.74, 6) is 0.751. The van der Waals surface area contributed by atoms with Crippen LogP contribution in [0.5, 0.6) is 0 Å². The molecule has 0 aliphatic carbocycles. The van der Waals surface area contributed by atoms with E-state index >= 15 is 0 Å². The van der Waals surface area contributed by atoms with Gasteiger partial charge in [-0.2, -0.15) is 5.10 Å². The highest BCUT2D eigenvalue weighted by Crippen LogP contribution is 2.20. The molecule has 2 N–H and O–H groups in total. The maximum atomic E-state index is 6.01. The van der Waals surface area contributed by atoms with Crippen LogP contribution in [0.2, 0.25) is 0 Å². The summed E-state index contributed by atoms with van der Waals surface area (Å²) >= 11 is 2.24. The molecule has 0 saturated carbocycles. The van der Waals surface area contributed by atoms with E-state index < -0.39 is 0 Å². The van der Waals surface area contributed by atoms with Gasteiger partial charge in [0.05, 0.1) is 15.8 Å². The molecule has 0 atom stereocenters. The average molecular weight is 341 g/mol. The van der Waals surface area contributed by atoms with E-state index in [2.05, 4.69) is 59.7 Å². The SMILES string of the molecule is Cc1ccc(Cn2nc(C)c(I)c2N)cc1C. The van der Waals surface area contributed by atoms with Gasteiger partial charge >= 0.3 is 0 Å². The standard InChI is InChI=1S/C13H16IN3/c1-8-4-5-11(6-9(8)2)7-17-13(15)12(14)10(3)16-17/h4-6H,7,15H2,1-3H3. The summed E-state index contributed by atoms with van der Waals surface area (Å²) < 4.78 is 2.91. The highest BCUT2D eigenvalue weighted by Gasteiger charge is 2.09. The molecule has 2 aromatic rings. The Kier molecular flexibility index (Phi) is 3.42. The van der Waals surface area contributed by atoms with Crippen LogP contribution in [-0.2, 0) is 6.54 Å². The Morgan fingerprint density at radius 1 is 1.24 bits per heavy atom. The summed E-state index contributed by atoms with van der Waals surface area (Å²) in [6, 6.07) is 6.46. The monoisotopic (exact) mass is 341 g/mol. The molecule has 0 saturated heterocycles. The van der Waals surface area contributed by atoms with Crippen LogP contribution in [0.3, 0.4) is 0 Å². The molecule has 2 rings (SSSR count). The largest absolute Gasteiger partial charge is 0.383 e. The minimum Gasteiger partial charge on any atom is -0.383 e. The van der Waals surface area contributed by atoms with Gasteiger partial charge in [-0.25, -0.2) is 4.68 Å². The topological polar surface area (TPSA) is 43.8 Å². The van der Waals surface area contributed by atoms with Gasteiger partial charge in [0.15, 0.2) is 0 Å². The van der Waals surface area contributed by atoms with Gasteiger partial charge in [-0.3, -0.25) is 0 Å². The average Bonchev–Trinajstić information content (AvgIpc) is 2.52. The van der Waals surface area contributed by atoms with Crippen molar-refractivity contribution in [2.75, 3.05) is 5.73 Å². The van der Waals surface area contributed by atoms with Gasteiger partial charge in [-0.1, -0.05) is 18.2 Å². The molecule has 1 aromatic carbocycles. The molecule has 1 heterocycles. The summed E-state index contributed by atoms with van der Waals surface area (Å²) in [7, 11) is 0. The first-order valence-corrected chi connectivity index (χ1v) is 6.61. The fraction of sp³-hybridized carbons (Fsp3) is 0.308. The number of hydrogen-bond donors (Lipinski definition) is 1. The number of benzene rings is 1. The lowest BCUT2D eigenvalue weighted by Crippen LogP contribution is -2.06. The third-order valence-corrected chi connectivity index (χ3v) is 4.33. The van der Waals surface area contributed by atoms with Gasteiger partial charge in [0, 0.05) is 0 Å². The highest BCUT2D eigenvalue weighted by molar-refractivity contribution is 14.1. The Hall–Kier alpha value is -1.04. The zero-order valence-electron chi connectivity index (χ0n) is 10.3. The van der Waals surface area contributed by atoms with Gasteiger partial charge in [0.25, 0.3) is 0 Å². The lowest BCUT2D eigenvalue weighted by Gasteiger charge is -2.07. The molecule has 0 fully saturated rings. The molecular formula is C13H16IN3. The minimum atomic E-state index is 0.733. The zero-order chi connectivity index (χ0) is 12.6. The van der Waals surface area contributed by atoms with Gasteiger partial charge < -0.3 is 5.73 Å². The van der Waals surface area contributed by atoms with Crippen molar-refractivity contribution in [1.82, 2.24) is 9.78 Å². The third kappa shape index (κ3) is 2.46. The Balaban J connectivity index is 2.31. The quantitative estimate of drug-likeness (QED) is 0.854. The number of hydrogen-bond acceptors (Lipinski definition) is 2. The molecule has 0 aliphatic rings. The number of nitrogens with zero attached hydrogens (tertiary/aromatic N) is 2. The van der Waals surface area contributed by atoms with E-state index in [1.807, 2.05) is 11.6 Å². The molecule has 0 radical (unpaired) electrons. The molecule has 0 unspecified atom stereocenters. The molecule has 90 valence electrons. The minimum absolute atomic E-state index is 0.733. The van der Waals surface area contributed by atoms with Crippen molar-refractivity contribution in [2.24, 2.45) is 0 Å².